The van der Waals surface area contributed by atoms with E-state index < -0.39 is 21.7 Å². The molecule has 8 nitrogen and oxygen atoms in total. The van der Waals surface area contributed by atoms with E-state index in [2.05, 4.69) is 10.2 Å². The zero-order valence-electron chi connectivity index (χ0n) is 18.7. The predicted molar refractivity (Wildman–Crippen MR) is 124 cm³/mol. The summed E-state index contributed by atoms with van der Waals surface area (Å²) in [4.78, 5) is 11.8. The Hall–Kier alpha value is -3.05. The Morgan fingerprint density at radius 3 is 2.53 bits per heavy atom. The van der Waals surface area contributed by atoms with Gasteiger partial charge in [0.15, 0.2) is 23.2 Å². The fraction of sp³-hybridized carbons (Fsp3) is 0.391. The van der Waals surface area contributed by atoms with E-state index in [1.807, 2.05) is 18.2 Å². The number of anilines is 2. The monoisotopic (exact) mass is 489 g/mol. The lowest BCUT2D eigenvalue weighted by Gasteiger charge is -2.35. The van der Waals surface area contributed by atoms with Gasteiger partial charge in [-0.2, -0.15) is 4.31 Å². The zero-order chi connectivity index (χ0) is 23.9. The SMILES string of the molecule is CS(=O)(=O)N1CCc2nc(N3CCC(Oc4ccc(F)cc4F)CC3)c(NC3=CC=C3)nc2C1. The second-order valence-corrected chi connectivity index (χ2v) is 10.6. The number of piperidine rings is 1. The first-order valence-electron chi connectivity index (χ1n) is 11.1. The maximum absolute atomic E-state index is 14.0. The van der Waals surface area contributed by atoms with Crippen molar-refractivity contribution in [3.8, 4) is 5.75 Å². The third-order valence-electron chi connectivity index (χ3n) is 6.17. The van der Waals surface area contributed by atoms with E-state index in [9.17, 15) is 17.2 Å². The molecule has 3 aliphatic rings. The number of benzene rings is 1. The molecule has 0 bridgehead atoms. The van der Waals surface area contributed by atoms with E-state index in [0.717, 1.165) is 17.5 Å². The molecular formula is C23H25F2N5O3S. The second kappa shape index (κ2) is 8.95. The van der Waals surface area contributed by atoms with Gasteiger partial charge in [0.1, 0.15) is 11.9 Å². The molecule has 1 fully saturated rings. The Balaban J connectivity index is 1.34. The number of halogens is 2. The molecule has 1 aliphatic carbocycles. The molecule has 0 amide bonds. The van der Waals surface area contributed by atoms with Crippen molar-refractivity contribution in [1.29, 1.82) is 0 Å². The van der Waals surface area contributed by atoms with Gasteiger partial charge in [-0.1, -0.05) is 6.08 Å². The highest BCUT2D eigenvalue weighted by atomic mass is 32.2. The molecule has 0 saturated carbocycles. The normalized spacial score (nSPS) is 18.8. The smallest absolute Gasteiger partial charge is 0.211 e. The third-order valence-corrected chi connectivity index (χ3v) is 7.42. The molecular weight excluding hydrogens is 464 g/mol. The first-order chi connectivity index (χ1) is 16.3. The lowest BCUT2D eigenvalue weighted by molar-refractivity contribution is 0.163. The first-order valence-corrected chi connectivity index (χ1v) is 13.0. The Morgan fingerprint density at radius 2 is 1.88 bits per heavy atom. The highest BCUT2D eigenvalue weighted by molar-refractivity contribution is 7.88. The van der Waals surface area contributed by atoms with Gasteiger partial charge >= 0.3 is 0 Å². The van der Waals surface area contributed by atoms with Crippen LogP contribution in [0.3, 0.4) is 0 Å². The van der Waals surface area contributed by atoms with Crippen LogP contribution in [0.1, 0.15) is 24.2 Å². The van der Waals surface area contributed by atoms with Gasteiger partial charge in [0.25, 0.3) is 0 Å². The number of ether oxygens (including phenoxy) is 1. The van der Waals surface area contributed by atoms with Crippen LogP contribution in [0.5, 0.6) is 5.75 Å². The summed E-state index contributed by atoms with van der Waals surface area (Å²) >= 11 is 0. The molecule has 5 rings (SSSR count). The Bertz CT molecular complexity index is 1270. The van der Waals surface area contributed by atoms with Gasteiger partial charge in [-0.05, 0) is 24.3 Å². The van der Waals surface area contributed by atoms with Gasteiger partial charge in [-0.25, -0.2) is 27.2 Å². The minimum Gasteiger partial charge on any atom is -0.487 e. The summed E-state index contributed by atoms with van der Waals surface area (Å²) in [5, 5.41) is 3.29. The van der Waals surface area contributed by atoms with Gasteiger partial charge in [-0.3, -0.25) is 0 Å². The summed E-state index contributed by atoms with van der Waals surface area (Å²) in [5.41, 5.74) is 2.35. The average Bonchev–Trinajstić information content (AvgIpc) is 2.77. The van der Waals surface area contributed by atoms with Crippen LogP contribution in [0.4, 0.5) is 20.4 Å². The van der Waals surface area contributed by atoms with Crippen molar-refractivity contribution in [1.82, 2.24) is 14.3 Å². The van der Waals surface area contributed by atoms with Gasteiger partial charge < -0.3 is 15.0 Å². The number of aromatic nitrogens is 2. The zero-order valence-corrected chi connectivity index (χ0v) is 19.5. The van der Waals surface area contributed by atoms with E-state index in [1.165, 1.54) is 22.7 Å². The summed E-state index contributed by atoms with van der Waals surface area (Å²) in [7, 11) is -3.32. The van der Waals surface area contributed by atoms with E-state index in [4.69, 9.17) is 14.7 Å². The molecule has 1 saturated heterocycles. The summed E-state index contributed by atoms with van der Waals surface area (Å²) in [6, 6.07) is 3.32. The Kier molecular flexibility index (Phi) is 5.98. The van der Waals surface area contributed by atoms with E-state index in [0.29, 0.717) is 56.2 Å². The summed E-state index contributed by atoms with van der Waals surface area (Å²) < 4.78 is 58.3. The number of nitrogens with one attached hydrogen (secondary N) is 1. The molecule has 0 unspecified atom stereocenters. The largest absolute Gasteiger partial charge is 0.487 e. The minimum atomic E-state index is -3.32. The quantitative estimate of drug-likeness (QED) is 0.668. The molecule has 3 heterocycles. The molecule has 2 aliphatic heterocycles. The van der Waals surface area contributed by atoms with Crippen LogP contribution in [-0.4, -0.2) is 54.7 Å². The maximum Gasteiger partial charge on any atom is 0.211 e. The topological polar surface area (TPSA) is 87.7 Å². The molecule has 0 spiro atoms. The van der Waals surface area contributed by atoms with Crippen molar-refractivity contribution in [2.75, 3.05) is 36.1 Å². The highest BCUT2D eigenvalue weighted by Gasteiger charge is 2.30. The third kappa shape index (κ3) is 4.76. The standard InChI is InChI=1S/C23H25F2N5O3S/c1-34(31,32)30-12-9-19-20(14-30)27-22(26-16-3-2-4-16)23(28-19)29-10-7-17(8-11-29)33-21-6-5-15(24)13-18(21)25/h2-6,13,17H,7-12,14H2,1H3,(H,26,27). The predicted octanol–water partition coefficient (Wildman–Crippen LogP) is 2.99. The number of nitrogens with zero attached hydrogens (tertiary/aromatic N) is 4. The van der Waals surface area contributed by atoms with Crippen LogP contribution in [-0.2, 0) is 23.0 Å². The number of hydrogen-bond donors (Lipinski definition) is 1. The molecule has 1 aromatic heterocycles. The van der Waals surface area contributed by atoms with Crippen LogP contribution in [0, 0.1) is 11.6 Å². The van der Waals surface area contributed by atoms with Crippen molar-refractivity contribution in [2.45, 2.75) is 31.9 Å². The van der Waals surface area contributed by atoms with Gasteiger partial charge in [0.2, 0.25) is 10.0 Å². The number of allylic oxidation sites excluding steroid dienone is 3. The Labute approximate surface area is 197 Å². The first kappa shape index (κ1) is 22.7. The minimum absolute atomic E-state index is 0.0508. The van der Waals surface area contributed by atoms with Crippen molar-refractivity contribution >= 4 is 21.7 Å². The number of sulfonamides is 1. The highest BCUT2D eigenvalue weighted by Crippen LogP contribution is 2.32. The Morgan fingerprint density at radius 1 is 1.12 bits per heavy atom. The summed E-state index contributed by atoms with van der Waals surface area (Å²) in [5.74, 6) is -0.0102. The average molecular weight is 490 g/mol. The summed E-state index contributed by atoms with van der Waals surface area (Å²) in [6.45, 7) is 1.82. The van der Waals surface area contributed by atoms with Crippen molar-refractivity contribution in [3.63, 3.8) is 0 Å². The van der Waals surface area contributed by atoms with Crippen molar-refractivity contribution in [3.05, 3.63) is 65.1 Å². The van der Waals surface area contributed by atoms with Crippen LogP contribution in [0.2, 0.25) is 0 Å². The number of hydrogen-bond acceptors (Lipinski definition) is 7. The molecule has 2 aromatic rings. The van der Waals surface area contributed by atoms with Crippen molar-refractivity contribution in [2.24, 2.45) is 0 Å². The second-order valence-electron chi connectivity index (χ2n) is 8.62. The van der Waals surface area contributed by atoms with E-state index in [1.54, 1.807) is 0 Å². The van der Waals surface area contributed by atoms with Crippen molar-refractivity contribution < 1.29 is 21.9 Å². The van der Waals surface area contributed by atoms with Gasteiger partial charge in [-0.15, -0.1) is 0 Å². The molecule has 180 valence electrons. The van der Waals surface area contributed by atoms with Gasteiger partial charge in [0.05, 0.1) is 24.2 Å². The fourth-order valence-electron chi connectivity index (χ4n) is 4.23. The van der Waals surface area contributed by atoms with E-state index >= 15 is 0 Å². The summed E-state index contributed by atoms with van der Waals surface area (Å²) in [6.07, 6.45) is 8.53. The number of fused-ring (bicyclic) bond motifs is 1. The molecule has 1 aromatic carbocycles. The van der Waals surface area contributed by atoms with Crippen LogP contribution in [0.25, 0.3) is 0 Å². The lowest BCUT2D eigenvalue weighted by atomic mass is 10.1. The molecule has 34 heavy (non-hydrogen) atoms. The van der Waals surface area contributed by atoms with Gasteiger partial charge in [0, 0.05) is 50.7 Å². The maximum atomic E-state index is 14.0. The lowest BCUT2D eigenvalue weighted by Crippen LogP contribution is -2.40. The number of rotatable bonds is 6. The van der Waals surface area contributed by atoms with E-state index in [-0.39, 0.29) is 18.4 Å². The molecule has 0 radical (unpaired) electrons. The molecule has 1 N–H and O–H groups in total. The fourth-order valence-corrected chi connectivity index (χ4v) is 5.01. The van der Waals surface area contributed by atoms with Crippen LogP contribution < -0.4 is 15.0 Å². The van der Waals surface area contributed by atoms with Crippen LogP contribution in [0.15, 0.2) is 42.1 Å². The molecule has 0 atom stereocenters. The molecule has 11 heteroatoms. The van der Waals surface area contributed by atoms with Crippen LogP contribution >= 0.6 is 0 Å².